The van der Waals surface area contributed by atoms with E-state index in [0.717, 1.165) is 67.1 Å². The van der Waals surface area contributed by atoms with Crippen molar-refractivity contribution in [2.45, 2.75) is 38.8 Å². The molecule has 1 heterocycles. The van der Waals surface area contributed by atoms with E-state index in [-0.39, 0.29) is 5.66 Å². The van der Waals surface area contributed by atoms with Crippen molar-refractivity contribution in [1.82, 2.24) is 9.57 Å². The molecule has 1 aliphatic carbocycles. The summed E-state index contributed by atoms with van der Waals surface area (Å²) in [6.45, 7) is 8.73. The quantitative estimate of drug-likeness (QED) is 0.547. The topological polar surface area (TPSA) is 53.0 Å². The lowest BCUT2D eigenvalue weighted by Gasteiger charge is -2.44. The van der Waals surface area contributed by atoms with Crippen LogP contribution in [0.3, 0.4) is 0 Å². The van der Waals surface area contributed by atoms with Crippen LogP contribution in [0.15, 0.2) is 71.7 Å². The predicted octanol–water partition coefficient (Wildman–Crippen LogP) is 4.74. The number of allylic oxidation sites excluding steroid dienone is 2. The fourth-order valence-corrected chi connectivity index (χ4v) is 10.3. The van der Waals surface area contributed by atoms with E-state index in [9.17, 15) is 4.89 Å². The standard InChI is InChI=1S/C26H36N2O3P2/c1-3-28(4-2)32(29)24-16-11-17-25(26(24)27-18-20-31-21-19-27)33(30,22-12-7-5-8-13-22)23-14-9-6-10-15-23/h5-10,12-15,24,29H,3-4,11,16-21H2,1-2H3. The average Bonchev–Trinajstić information content (AvgIpc) is 2.90. The highest BCUT2D eigenvalue weighted by molar-refractivity contribution is 7.82. The van der Waals surface area contributed by atoms with Crippen LogP contribution in [0.1, 0.15) is 33.1 Å². The number of morpholine rings is 1. The van der Waals surface area contributed by atoms with Gasteiger partial charge in [-0.2, -0.15) is 0 Å². The summed E-state index contributed by atoms with van der Waals surface area (Å²) in [5.41, 5.74) is 1.13. The molecule has 2 aromatic carbocycles. The zero-order valence-electron chi connectivity index (χ0n) is 19.8. The van der Waals surface area contributed by atoms with Gasteiger partial charge in [-0.1, -0.05) is 74.5 Å². The molecule has 4 rings (SSSR count). The first-order valence-corrected chi connectivity index (χ1v) is 15.1. The molecule has 178 valence electrons. The highest BCUT2D eigenvalue weighted by Gasteiger charge is 2.42. The highest BCUT2D eigenvalue weighted by atomic mass is 31.2. The molecule has 0 bridgehead atoms. The van der Waals surface area contributed by atoms with Crippen LogP contribution in [0.25, 0.3) is 0 Å². The SMILES string of the molecule is CCN(CC)P(O)C1CCCC(P(=O)(c2ccccc2)c2ccccc2)=C1N1CCOCC1. The summed E-state index contributed by atoms with van der Waals surface area (Å²) in [7, 11) is -4.43. The maximum Gasteiger partial charge on any atom is 0.168 e. The molecule has 0 spiro atoms. The van der Waals surface area contributed by atoms with Crippen molar-refractivity contribution in [2.24, 2.45) is 0 Å². The smallest absolute Gasteiger partial charge is 0.168 e. The zero-order valence-corrected chi connectivity index (χ0v) is 21.6. The largest absolute Gasteiger partial charge is 0.378 e. The first-order valence-electron chi connectivity index (χ1n) is 12.1. The summed E-state index contributed by atoms with van der Waals surface area (Å²) in [6.07, 6.45) is 2.67. The minimum absolute atomic E-state index is 0.00231. The van der Waals surface area contributed by atoms with E-state index in [2.05, 4.69) is 23.4 Å². The normalized spacial score (nSPS) is 20.8. The van der Waals surface area contributed by atoms with E-state index in [0.29, 0.717) is 13.2 Å². The molecule has 2 unspecified atom stereocenters. The molecule has 7 heteroatoms. The fraction of sp³-hybridized carbons (Fsp3) is 0.462. The van der Waals surface area contributed by atoms with Gasteiger partial charge in [-0.3, -0.25) is 4.67 Å². The van der Waals surface area contributed by atoms with Gasteiger partial charge in [-0.25, -0.2) is 0 Å². The van der Waals surface area contributed by atoms with Crippen molar-refractivity contribution in [1.29, 1.82) is 0 Å². The second-order valence-electron chi connectivity index (χ2n) is 8.58. The lowest BCUT2D eigenvalue weighted by molar-refractivity contribution is 0.0510. The molecular formula is C26H36N2O3P2. The average molecular weight is 487 g/mol. The molecule has 2 aromatic rings. The minimum atomic E-state index is -3.07. The number of rotatable bonds is 8. The summed E-state index contributed by atoms with van der Waals surface area (Å²) in [5.74, 6) is 0. The van der Waals surface area contributed by atoms with Crippen LogP contribution in [0, 0.1) is 0 Å². The lowest BCUT2D eigenvalue weighted by Crippen LogP contribution is -2.42. The lowest BCUT2D eigenvalue weighted by atomic mass is 10.0. The Labute approximate surface area is 199 Å². The van der Waals surface area contributed by atoms with Crippen molar-refractivity contribution in [3.8, 4) is 0 Å². The van der Waals surface area contributed by atoms with E-state index in [4.69, 9.17) is 4.74 Å². The van der Waals surface area contributed by atoms with E-state index < -0.39 is 15.4 Å². The van der Waals surface area contributed by atoms with Gasteiger partial charge in [0.1, 0.15) is 8.30 Å². The Kier molecular flexibility index (Phi) is 8.43. The summed E-state index contributed by atoms with van der Waals surface area (Å²) in [4.78, 5) is 13.9. The summed E-state index contributed by atoms with van der Waals surface area (Å²) in [5, 5.41) is 2.79. The molecule has 33 heavy (non-hydrogen) atoms. The summed E-state index contributed by atoms with van der Waals surface area (Å²) < 4.78 is 23.1. The van der Waals surface area contributed by atoms with Crippen molar-refractivity contribution >= 4 is 26.1 Å². The Morgan fingerprint density at radius 2 is 1.55 bits per heavy atom. The molecule has 2 aliphatic rings. The zero-order chi connectivity index (χ0) is 23.3. The van der Waals surface area contributed by atoms with Gasteiger partial charge in [0, 0.05) is 47.8 Å². The number of hydrogen-bond donors (Lipinski definition) is 1. The van der Waals surface area contributed by atoms with Crippen LogP contribution in [-0.2, 0) is 9.30 Å². The van der Waals surface area contributed by atoms with E-state index in [1.54, 1.807) is 0 Å². The van der Waals surface area contributed by atoms with Crippen LogP contribution < -0.4 is 10.6 Å². The maximum absolute atomic E-state index is 15.3. The van der Waals surface area contributed by atoms with Gasteiger partial charge in [0.25, 0.3) is 0 Å². The van der Waals surface area contributed by atoms with Crippen LogP contribution in [0.4, 0.5) is 0 Å². The third kappa shape index (κ3) is 4.99. The molecule has 1 aliphatic heterocycles. The first-order chi connectivity index (χ1) is 16.1. The monoisotopic (exact) mass is 486 g/mol. The van der Waals surface area contributed by atoms with Crippen LogP contribution in [0.2, 0.25) is 0 Å². The predicted molar refractivity (Wildman–Crippen MR) is 139 cm³/mol. The molecule has 5 nitrogen and oxygen atoms in total. The molecule has 1 fully saturated rings. The third-order valence-electron chi connectivity index (χ3n) is 6.77. The molecule has 0 radical (unpaired) electrons. The second kappa shape index (κ2) is 11.3. The number of ether oxygens (including phenoxy) is 1. The minimum Gasteiger partial charge on any atom is -0.378 e. The number of benzene rings is 2. The number of nitrogens with zero attached hydrogens (tertiary/aromatic N) is 2. The van der Waals surface area contributed by atoms with Gasteiger partial charge in [-0.15, -0.1) is 0 Å². The van der Waals surface area contributed by atoms with Crippen molar-refractivity contribution in [2.75, 3.05) is 39.4 Å². The molecule has 0 aromatic heterocycles. The van der Waals surface area contributed by atoms with Gasteiger partial charge in [0.05, 0.1) is 18.9 Å². The Hall–Kier alpha value is -1.48. The molecule has 0 saturated carbocycles. The number of hydrogen-bond acceptors (Lipinski definition) is 5. The Bertz CT molecular complexity index is 930. The van der Waals surface area contributed by atoms with Crippen LogP contribution >= 0.6 is 15.4 Å². The van der Waals surface area contributed by atoms with E-state index >= 15 is 4.57 Å². The van der Waals surface area contributed by atoms with Gasteiger partial charge >= 0.3 is 0 Å². The van der Waals surface area contributed by atoms with Crippen LogP contribution in [-0.4, -0.2) is 59.5 Å². The maximum atomic E-state index is 15.3. The molecule has 2 atom stereocenters. The Balaban J connectivity index is 1.94. The summed E-state index contributed by atoms with van der Waals surface area (Å²) in [6, 6.07) is 19.9. The van der Waals surface area contributed by atoms with Crippen molar-refractivity contribution in [3.05, 3.63) is 71.7 Å². The van der Waals surface area contributed by atoms with E-state index in [1.165, 1.54) is 0 Å². The Morgan fingerprint density at radius 1 is 1.00 bits per heavy atom. The van der Waals surface area contributed by atoms with Crippen molar-refractivity contribution < 1.29 is 14.2 Å². The first kappa shape index (κ1) is 24.6. The molecule has 1 saturated heterocycles. The molecule has 1 N–H and O–H groups in total. The Morgan fingerprint density at radius 3 is 2.06 bits per heavy atom. The van der Waals surface area contributed by atoms with E-state index in [1.807, 2.05) is 60.7 Å². The van der Waals surface area contributed by atoms with Gasteiger partial charge in [-0.05, 0) is 19.3 Å². The fourth-order valence-electron chi connectivity index (χ4n) is 5.11. The molecule has 0 amide bonds. The van der Waals surface area contributed by atoms with Gasteiger partial charge in [0.2, 0.25) is 0 Å². The summed E-state index contributed by atoms with van der Waals surface area (Å²) >= 11 is 0. The third-order valence-corrected chi connectivity index (χ3v) is 12.2. The van der Waals surface area contributed by atoms with Gasteiger partial charge in [0.15, 0.2) is 7.14 Å². The van der Waals surface area contributed by atoms with Gasteiger partial charge < -0.3 is 19.1 Å². The van der Waals surface area contributed by atoms with Crippen LogP contribution in [0.5, 0.6) is 0 Å². The van der Waals surface area contributed by atoms with Crippen molar-refractivity contribution in [3.63, 3.8) is 0 Å². The molecular weight excluding hydrogens is 450 g/mol. The second-order valence-corrected chi connectivity index (χ2v) is 13.2. The highest BCUT2D eigenvalue weighted by Crippen LogP contribution is 2.61.